The zero-order valence-corrected chi connectivity index (χ0v) is 20.7. The van der Waals surface area contributed by atoms with Gasteiger partial charge in [0.15, 0.2) is 11.6 Å². The lowest BCUT2D eigenvalue weighted by molar-refractivity contribution is 0.0520. The van der Waals surface area contributed by atoms with Crippen molar-refractivity contribution in [1.29, 1.82) is 0 Å². The number of hydrogen-bond acceptors (Lipinski definition) is 3. The summed E-state index contributed by atoms with van der Waals surface area (Å²) in [5.74, 6) is -3.64. The van der Waals surface area contributed by atoms with Gasteiger partial charge >= 0.3 is 6.03 Å². The summed E-state index contributed by atoms with van der Waals surface area (Å²) in [4.78, 5) is 30.9. The lowest BCUT2D eigenvalue weighted by Crippen LogP contribution is -2.51. The fraction of sp³-hybridized carbons (Fsp3) is 0.400. The first-order valence-corrected chi connectivity index (χ1v) is 12.4. The molecule has 1 aliphatic heterocycles. The van der Waals surface area contributed by atoms with Crippen molar-refractivity contribution < 1.29 is 27.5 Å². The summed E-state index contributed by atoms with van der Waals surface area (Å²) in [6.07, 6.45) is 2.73. The number of anilines is 1. The van der Waals surface area contributed by atoms with Crippen molar-refractivity contribution in [2.75, 3.05) is 31.6 Å². The first-order valence-electron chi connectivity index (χ1n) is 12.0. The van der Waals surface area contributed by atoms with Crippen molar-refractivity contribution in [2.45, 2.75) is 37.8 Å². The topological polar surface area (TPSA) is 95.1 Å². The zero-order chi connectivity index (χ0) is 26.4. The molecule has 198 valence electrons. The van der Waals surface area contributed by atoms with Crippen molar-refractivity contribution in [1.82, 2.24) is 15.5 Å². The van der Waals surface area contributed by atoms with Crippen LogP contribution in [0.5, 0.6) is 0 Å². The Hall–Kier alpha value is -3.31. The number of rotatable bonds is 4. The third kappa shape index (κ3) is 7.59. The number of benzene rings is 2. The molecule has 3 amide bonds. The Morgan fingerprint density at radius 3 is 2.24 bits per heavy atom. The molecule has 2 aliphatic rings. The van der Waals surface area contributed by atoms with Gasteiger partial charge in [0, 0.05) is 41.4 Å². The van der Waals surface area contributed by atoms with Crippen molar-refractivity contribution in [3.63, 3.8) is 0 Å². The maximum absolute atomic E-state index is 13.9. The van der Waals surface area contributed by atoms with Crippen LogP contribution in [0.3, 0.4) is 0 Å². The fourth-order valence-corrected chi connectivity index (χ4v) is 4.48. The Morgan fingerprint density at radius 2 is 1.59 bits per heavy atom. The van der Waals surface area contributed by atoms with E-state index in [-0.39, 0.29) is 40.3 Å². The quantitative estimate of drug-likeness (QED) is 0.399. The van der Waals surface area contributed by atoms with Crippen molar-refractivity contribution >= 4 is 35.2 Å². The van der Waals surface area contributed by atoms with E-state index in [4.69, 9.17) is 16.3 Å². The first kappa shape index (κ1) is 26.7. The Bertz CT molecular complexity index is 1150. The van der Waals surface area contributed by atoms with E-state index in [9.17, 15) is 22.8 Å². The number of aliphatic imine (C=N–C) groups is 1. The SMILES string of the molecule is O=C(/N=C(/Nc1cc(F)cc(Cl)c1)N[C@H]1CC[C@H](NC(=O)N2CCOCC2)CC1)c1ccc(F)c(F)c1. The van der Waals surface area contributed by atoms with Crippen LogP contribution in [0.2, 0.25) is 5.02 Å². The van der Waals surface area contributed by atoms with E-state index in [0.717, 1.165) is 24.3 Å². The number of carbonyl (C=O) groups is 2. The molecular formula is C25H27ClF3N5O3. The summed E-state index contributed by atoms with van der Waals surface area (Å²) in [6, 6.07) is 6.31. The van der Waals surface area contributed by atoms with E-state index in [1.165, 1.54) is 12.1 Å². The van der Waals surface area contributed by atoms with Crippen molar-refractivity contribution in [3.8, 4) is 0 Å². The van der Waals surface area contributed by atoms with E-state index in [1.807, 2.05) is 0 Å². The zero-order valence-electron chi connectivity index (χ0n) is 19.9. The second kappa shape index (κ2) is 12.3. The molecule has 0 spiro atoms. The summed E-state index contributed by atoms with van der Waals surface area (Å²) < 4.78 is 46.0. The third-order valence-corrected chi connectivity index (χ3v) is 6.42. The number of nitrogens with one attached hydrogen (secondary N) is 3. The summed E-state index contributed by atoms with van der Waals surface area (Å²) >= 11 is 5.94. The molecule has 1 saturated heterocycles. The molecule has 0 bridgehead atoms. The Morgan fingerprint density at radius 1 is 0.919 bits per heavy atom. The van der Waals surface area contributed by atoms with E-state index >= 15 is 0 Å². The summed E-state index contributed by atoms with van der Waals surface area (Å²) in [5, 5.41) is 9.21. The van der Waals surface area contributed by atoms with Gasteiger partial charge in [0.2, 0.25) is 5.96 Å². The van der Waals surface area contributed by atoms with Gasteiger partial charge < -0.3 is 25.6 Å². The molecule has 0 radical (unpaired) electrons. The molecule has 2 aromatic carbocycles. The maximum atomic E-state index is 13.9. The molecule has 8 nitrogen and oxygen atoms in total. The number of morpholine rings is 1. The number of amides is 3. The van der Waals surface area contributed by atoms with Gasteiger partial charge in [0.25, 0.3) is 5.91 Å². The number of nitrogens with zero attached hydrogens (tertiary/aromatic N) is 2. The van der Waals surface area contributed by atoms with Gasteiger partial charge in [-0.3, -0.25) is 4.79 Å². The third-order valence-electron chi connectivity index (χ3n) is 6.20. The van der Waals surface area contributed by atoms with E-state index in [2.05, 4.69) is 20.9 Å². The summed E-state index contributed by atoms with van der Waals surface area (Å²) in [6.45, 7) is 2.17. The Kier molecular flexibility index (Phi) is 8.88. The minimum atomic E-state index is -1.17. The largest absolute Gasteiger partial charge is 0.378 e. The van der Waals surface area contributed by atoms with Gasteiger partial charge in [-0.15, -0.1) is 0 Å². The van der Waals surface area contributed by atoms with Crippen LogP contribution in [0.15, 0.2) is 41.4 Å². The van der Waals surface area contributed by atoms with Gasteiger partial charge in [0.05, 0.1) is 13.2 Å². The number of urea groups is 1. The molecule has 3 N–H and O–H groups in total. The molecule has 2 fully saturated rings. The number of hydrogen-bond donors (Lipinski definition) is 3. The van der Waals surface area contributed by atoms with Crippen molar-refractivity contribution in [2.24, 2.45) is 4.99 Å². The van der Waals surface area contributed by atoms with Gasteiger partial charge in [-0.1, -0.05) is 11.6 Å². The lowest BCUT2D eigenvalue weighted by Gasteiger charge is -2.33. The molecule has 0 atom stereocenters. The predicted octanol–water partition coefficient (Wildman–Crippen LogP) is 4.31. The molecule has 1 aliphatic carbocycles. The van der Waals surface area contributed by atoms with E-state index in [0.29, 0.717) is 52.0 Å². The molecule has 4 rings (SSSR count). The molecule has 2 aromatic rings. The Labute approximate surface area is 217 Å². The minimum absolute atomic E-state index is 0.00703. The smallest absolute Gasteiger partial charge is 0.317 e. The highest BCUT2D eigenvalue weighted by molar-refractivity contribution is 6.31. The van der Waals surface area contributed by atoms with Crippen LogP contribution < -0.4 is 16.0 Å². The normalized spacial score (nSPS) is 20.3. The van der Waals surface area contributed by atoms with Crippen LogP contribution in [0.25, 0.3) is 0 Å². The van der Waals surface area contributed by atoms with Gasteiger partial charge in [-0.2, -0.15) is 4.99 Å². The van der Waals surface area contributed by atoms with Crippen LogP contribution >= 0.6 is 11.6 Å². The standard InChI is InChI=1S/C25H27ClF3N5O3/c26-16-12-17(27)14-20(13-16)31-24(33-23(35)15-1-6-21(28)22(29)11-15)30-18-2-4-19(5-3-18)32-25(36)34-7-9-37-10-8-34/h1,6,11-14,18-19H,2-5,7-10H2,(H,32,36)(H2,30,31,33,35)/t18-,19-. The molecule has 1 saturated carbocycles. The van der Waals surface area contributed by atoms with Crippen LogP contribution in [-0.2, 0) is 4.74 Å². The van der Waals surface area contributed by atoms with Crippen LogP contribution in [0, 0.1) is 17.5 Å². The molecule has 12 heteroatoms. The molecular weight excluding hydrogens is 511 g/mol. The maximum Gasteiger partial charge on any atom is 0.317 e. The summed E-state index contributed by atoms with van der Waals surface area (Å²) in [5.41, 5.74) is 0.104. The highest BCUT2D eigenvalue weighted by Crippen LogP contribution is 2.21. The van der Waals surface area contributed by atoms with Crippen LogP contribution in [-0.4, -0.2) is 61.2 Å². The highest BCUT2D eigenvalue weighted by atomic mass is 35.5. The van der Waals surface area contributed by atoms with Gasteiger partial charge in [-0.05, 0) is 62.1 Å². The second-order valence-electron chi connectivity index (χ2n) is 8.92. The van der Waals surface area contributed by atoms with Gasteiger partial charge in [0.1, 0.15) is 5.82 Å². The van der Waals surface area contributed by atoms with Crippen LogP contribution in [0.1, 0.15) is 36.0 Å². The monoisotopic (exact) mass is 537 g/mol. The van der Waals surface area contributed by atoms with E-state index < -0.39 is 23.4 Å². The lowest BCUT2D eigenvalue weighted by atomic mass is 9.91. The number of ether oxygens (including phenoxy) is 1. The number of halogens is 4. The average Bonchev–Trinajstić information content (AvgIpc) is 2.86. The molecule has 1 heterocycles. The minimum Gasteiger partial charge on any atom is -0.378 e. The van der Waals surface area contributed by atoms with Crippen molar-refractivity contribution in [3.05, 3.63) is 64.4 Å². The van der Waals surface area contributed by atoms with Crippen LogP contribution in [0.4, 0.5) is 23.7 Å². The molecule has 0 unspecified atom stereocenters. The second-order valence-corrected chi connectivity index (χ2v) is 9.36. The Balaban J connectivity index is 1.42. The fourth-order valence-electron chi connectivity index (χ4n) is 4.26. The molecule has 37 heavy (non-hydrogen) atoms. The number of carbonyl (C=O) groups excluding carboxylic acids is 2. The first-order chi connectivity index (χ1) is 17.8. The van der Waals surface area contributed by atoms with Gasteiger partial charge in [-0.25, -0.2) is 18.0 Å². The number of guanidine groups is 1. The molecule has 0 aromatic heterocycles. The highest BCUT2D eigenvalue weighted by Gasteiger charge is 2.26. The predicted molar refractivity (Wildman–Crippen MR) is 133 cm³/mol. The average molecular weight is 538 g/mol. The van der Waals surface area contributed by atoms with E-state index in [1.54, 1.807) is 4.90 Å². The summed E-state index contributed by atoms with van der Waals surface area (Å²) in [7, 11) is 0.